The van der Waals surface area contributed by atoms with Crippen LogP contribution < -0.4 is 5.32 Å². The summed E-state index contributed by atoms with van der Waals surface area (Å²) in [6.07, 6.45) is 0.964. The van der Waals surface area contributed by atoms with Crippen LogP contribution in [0, 0.1) is 5.82 Å². The summed E-state index contributed by atoms with van der Waals surface area (Å²) in [5.74, 6) is -0.630. The highest BCUT2D eigenvalue weighted by atomic mass is 32.1. The molecule has 1 amide bonds. The minimum atomic E-state index is -0.366. The molecule has 1 heterocycles. The number of hydrogen-bond donors (Lipinski definition) is 1. The maximum absolute atomic E-state index is 13.5. The Morgan fingerprint density at radius 1 is 1.27 bits per heavy atom. The number of fused-ring (bicyclic) bond motifs is 1. The molecule has 3 rings (SSSR count). The first-order valence-electron chi connectivity index (χ1n) is 7.08. The smallest absolute Gasteiger partial charge is 0.230 e. The monoisotopic (exact) mass is 314 g/mol. The third kappa shape index (κ3) is 3.14. The molecule has 0 aliphatic carbocycles. The number of amides is 1. The minimum Gasteiger partial charge on any atom is -0.302 e. The van der Waals surface area contributed by atoms with Crippen molar-refractivity contribution in [3.05, 3.63) is 59.4 Å². The van der Waals surface area contributed by atoms with Crippen LogP contribution in [0.4, 0.5) is 9.52 Å². The topological polar surface area (TPSA) is 42.0 Å². The summed E-state index contributed by atoms with van der Waals surface area (Å²) in [5, 5.41) is 3.29. The van der Waals surface area contributed by atoms with Crippen LogP contribution in [0.15, 0.2) is 42.5 Å². The van der Waals surface area contributed by atoms with Crippen molar-refractivity contribution in [1.29, 1.82) is 0 Å². The van der Waals surface area contributed by atoms with E-state index < -0.39 is 0 Å². The molecule has 0 aliphatic rings. The van der Waals surface area contributed by atoms with Crippen molar-refractivity contribution in [3.63, 3.8) is 0 Å². The fourth-order valence-electron chi connectivity index (χ4n) is 2.22. The van der Waals surface area contributed by atoms with E-state index in [1.165, 1.54) is 23.0 Å². The van der Waals surface area contributed by atoms with Crippen molar-refractivity contribution < 1.29 is 9.18 Å². The number of anilines is 1. The molecule has 2 aromatic carbocycles. The summed E-state index contributed by atoms with van der Waals surface area (Å²) in [5.41, 5.74) is 2.48. The molecule has 0 radical (unpaired) electrons. The zero-order valence-corrected chi connectivity index (χ0v) is 12.9. The lowest BCUT2D eigenvalue weighted by Crippen LogP contribution is -2.14. The highest BCUT2D eigenvalue weighted by molar-refractivity contribution is 7.22. The molecule has 0 atom stereocenters. The van der Waals surface area contributed by atoms with Gasteiger partial charge in [0.05, 0.1) is 16.6 Å². The van der Waals surface area contributed by atoms with Crippen LogP contribution in [-0.2, 0) is 17.6 Å². The molecule has 0 saturated carbocycles. The number of carbonyl (C=O) groups excluding carboxylic acids is 1. The van der Waals surface area contributed by atoms with Crippen molar-refractivity contribution in [2.75, 3.05) is 5.32 Å². The maximum atomic E-state index is 13.5. The van der Waals surface area contributed by atoms with Crippen molar-refractivity contribution in [3.8, 4) is 0 Å². The molecule has 0 fully saturated rings. The van der Waals surface area contributed by atoms with Crippen LogP contribution in [0.1, 0.15) is 18.1 Å². The Balaban J connectivity index is 1.75. The van der Waals surface area contributed by atoms with E-state index in [9.17, 15) is 9.18 Å². The first-order chi connectivity index (χ1) is 10.7. The van der Waals surface area contributed by atoms with Gasteiger partial charge in [-0.1, -0.05) is 42.5 Å². The van der Waals surface area contributed by atoms with Crippen molar-refractivity contribution >= 4 is 32.6 Å². The van der Waals surface area contributed by atoms with Crippen LogP contribution in [0.3, 0.4) is 0 Å². The van der Waals surface area contributed by atoms with Gasteiger partial charge in [-0.25, -0.2) is 9.37 Å². The number of aromatic nitrogens is 1. The zero-order valence-electron chi connectivity index (χ0n) is 12.1. The lowest BCUT2D eigenvalue weighted by Gasteiger charge is -2.02. The van der Waals surface area contributed by atoms with E-state index in [4.69, 9.17) is 0 Å². The van der Waals surface area contributed by atoms with Gasteiger partial charge in [0.25, 0.3) is 0 Å². The summed E-state index contributed by atoms with van der Waals surface area (Å²) in [6, 6.07) is 12.4. The Labute approximate surface area is 131 Å². The molecule has 0 spiro atoms. The fraction of sp³-hybridized carbons (Fsp3) is 0.176. The highest BCUT2D eigenvalue weighted by Crippen LogP contribution is 2.27. The normalized spacial score (nSPS) is 10.8. The van der Waals surface area contributed by atoms with Gasteiger partial charge in [0.15, 0.2) is 5.13 Å². The number of halogens is 1. The number of nitrogens with one attached hydrogen (secondary N) is 1. The lowest BCUT2D eigenvalue weighted by atomic mass is 10.1. The van der Waals surface area contributed by atoms with Gasteiger partial charge in [-0.3, -0.25) is 4.79 Å². The number of carbonyl (C=O) groups is 1. The van der Waals surface area contributed by atoms with Gasteiger partial charge in [0.1, 0.15) is 5.82 Å². The Bertz CT molecular complexity index is 828. The molecule has 0 aliphatic heterocycles. The molecule has 0 saturated heterocycles. The summed E-state index contributed by atoms with van der Waals surface area (Å²) < 4.78 is 14.6. The van der Waals surface area contributed by atoms with Gasteiger partial charge in [-0.15, -0.1) is 0 Å². The van der Waals surface area contributed by atoms with Gasteiger partial charge in [0.2, 0.25) is 5.91 Å². The number of hydrogen-bond acceptors (Lipinski definition) is 3. The van der Waals surface area contributed by atoms with Gasteiger partial charge < -0.3 is 5.32 Å². The van der Waals surface area contributed by atoms with E-state index >= 15 is 0 Å². The molecule has 1 N–H and O–H groups in total. The van der Waals surface area contributed by atoms with E-state index in [1.807, 2.05) is 12.1 Å². The predicted molar refractivity (Wildman–Crippen MR) is 87.7 cm³/mol. The molecule has 0 unspecified atom stereocenters. The van der Waals surface area contributed by atoms with Gasteiger partial charge in [-0.2, -0.15) is 0 Å². The molecule has 1 aromatic heterocycles. The number of benzene rings is 2. The van der Waals surface area contributed by atoms with Gasteiger partial charge >= 0.3 is 0 Å². The molecule has 3 nitrogen and oxygen atoms in total. The SMILES string of the molecule is CCc1ccc2nc(NC(=O)Cc3ccccc3F)sc2c1. The molecule has 5 heteroatoms. The van der Waals surface area contributed by atoms with Crippen molar-refractivity contribution in [2.24, 2.45) is 0 Å². The zero-order chi connectivity index (χ0) is 15.5. The quantitative estimate of drug-likeness (QED) is 0.785. The Morgan fingerprint density at radius 2 is 2.09 bits per heavy atom. The lowest BCUT2D eigenvalue weighted by molar-refractivity contribution is -0.115. The van der Waals surface area contributed by atoms with Crippen LogP contribution in [0.25, 0.3) is 10.2 Å². The number of nitrogens with zero attached hydrogens (tertiary/aromatic N) is 1. The highest BCUT2D eigenvalue weighted by Gasteiger charge is 2.11. The second kappa shape index (κ2) is 6.23. The predicted octanol–water partition coefficient (Wildman–Crippen LogP) is 4.18. The average molecular weight is 314 g/mol. The Kier molecular flexibility index (Phi) is 4.15. The average Bonchev–Trinajstić information content (AvgIpc) is 2.90. The molecule has 0 bridgehead atoms. The van der Waals surface area contributed by atoms with Gasteiger partial charge in [0, 0.05) is 0 Å². The van der Waals surface area contributed by atoms with E-state index in [-0.39, 0.29) is 18.1 Å². The van der Waals surface area contributed by atoms with Crippen LogP contribution >= 0.6 is 11.3 Å². The Morgan fingerprint density at radius 3 is 2.86 bits per heavy atom. The Hall–Kier alpha value is -2.27. The van der Waals surface area contributed by atoms with Crippen LogP contribution in [-0.4, -0.2) is 10.9 Å². The summed E-state index contributed by atoms with van der Waals surface area (Å²) in [6.45, 7) is 2.10. The third-order valence-electron chi connectivity index (χ3n) is 3.42. The number of aryl methyl sites for hydroxylation is 1. The van der Waals surface area contributed by atoms with Crippen LogP contribution in [0.5, 0.6) is 0 Å². The van der Waals surface area contributed by atoms with Crippen molar-refractivity contribution in [2.45, 2.75) is 19.8 Å². The second-order valence-electron chi connectivity index (χ2n) is 4.99. The fourth-order valence-corrected chi connectivity index (χ4v) is 3.17. The summed E-state index contributed by atoms with van der Waals surface area (Å²) in [4.78, 5) is 16.4. The maximum Gasteiger partial charge on any atom is 0.230 e. The van der Waals surface area contributed by atoms with Crippen LogP contribution in [0.2, 0.25) is 0 Å². The van der Waals surface area contributed by atoms with E-state index in [1.54, 1.807) is 18.2 Å². The first-order valence-corrected chi connectivity index (χ1v) is 7.90. The third-order valence-corrected chi connectivity index (χ3v) is 4.35. The second-order valence-corrected chi connectivity index (χ2v) is 6.02. The van der Waals surface area contributed by atoms with E-state index in [0.29, 0.717) is 10.7 Å². The summed E-state index contributed by atoms with van der Waals surface area (Å²) >= 11 is 1.43. The first kappa shape index (κ1) is 14.7. The number of thiazole rings is 1. The van der Waals surface area contributed by atoms with E-state index in [2.05, 4.69) is 23.3 Å². The molecule has 3 aromatic rings. The molecular weight excluding hydrogens is 299 g/mol. The van der Waals surface area contributed by atoms with Crippen molar-refractivity contribution in [1.82, 2.24) is 4.98 Å². The molecular formula is C17H15FN2OS. The van der Waals surface area contributed by atoms with E-state index in [0.717, 1.165) is 16.6 Å². The summed E-state index contributed by atoms with van der Waals surface area (Å²) in [7, 11) is 0. The molecule has 112 valence electrons. The van der Waals surface area contributed by atoms with Gasteiger partial charge in [-0.05, 0) is 35.7 Å². The molecule has 22 heavy (non-hydrogen) atoms. The largest absolute Gasteiger partial charge is 0.302 e. The standard InChI is InChI=1S/C17H15FN2OS/c1-2-11-7-8-14-15(9-11)22-17(19-14)20-16(21)10-12-5-3-4-6-13(12)18/h3-9H,2,10H2,1H3,(H,19,20,21). The minimum absolute atomic E-state index is 0.00279. The number of rotatable bonds is 4.